The van der Waals surface area contributed by atoms with Gasteiger partial charge in [0.2, 0.25) is 0 Å². The molecular weight excluding hydrogens is 178 g/mol. The van der Waals surface area contributed by atoms with Crippen molar-refractivity contribution in [3.63, 3.8) is 0 Å². The molecule has 0 spiro atoms. The van der Waals surface area contributed by atoms with Gasteiger partial charge in [-0.3, -0.25) is 0 Å². The van der Waals surface area contributed by atoms with Crippen molar-refractivity contribution in [2.45, 2.75) is 25.4 Å². The predicted octanol–water partition coefficient (Wildman–Crippen LogP) is 0.306. The molecule has 0 aromatic carbocycles. The second-order valence-electron chi connectivity index (χ2n) is 3.55. The minimum atomic E-state index is -0.826. The number of pyridine rings is 1. The SMILES string of the molecule is CCC(O)(CN)Cc1ccnc(N)c1. The Bertz CT molecular complexity index is 297. The van der Waals surface area contributed by atoms with E-state index in [0.717, 1.165) is 5.56 Å². The van der Waals surface area contributed by atoms with Crippen LogP contribution in [-0.2, 0) is 6.42 Å². The summed E-state index contributed by atoms with van der Waals surface area (Å²) < 4.78 is 0. The van der Waals surface area contributed by atoms with E-state index in [1.54, 1.807) is 12.3 Å². The van der Waals surface area contributed by atoms with Crippen molar-refractivity contribution in [1.82, 2.24) is 4.98 Å². The van der Waals surface area contributed by atoms with Crippen molar-refractivity contribution in [3.8, 4) is 0 Å². The third-order valence-corrected chi connectivity index (χ3v) is 2.42. The number of nitrogens with two attached hydrogens (primary N) is 2. The van der Waals surface area contributed by atoms with Crippen LogP contribution in [-0.4, -0.2) is 22.2 Å². The Hall–Kier alpha value is -1.13. The highest BCUT2D eigenvalue weighted by molar-refractivity contribution is 5.32. The van der Waals surface area contributed by atoms with Crippen LogP contribution >= 0.6 is 0 Å². The highest BCUT2D eigenvalue weighted by Crippen LogP contribution is 2.16. The van der Waals surface area contributed by atoms with Gasteiger partial charge in [0.25, 0.3) is 0 Å². The van der Waals surface area contributed by atoms with E-state index in [-0.39, 0.29) is 6.54 Å². The van der Waals surface area contributed by atoms with Crippen LogP contribution in [0.3, 0.4) is 0 Å². The summed E-state index contributed by atoms with van der Waals surface area (Å²) in [6, 6.07) is 3.60. The Morgan fingerprint density at radius 3 is 2.79 bits per heavy atom. The van der Waals surface area contributed by atoms with Crippen molar-refractivity contribution in [2.24, 2.45) is 5.73 Å². The Kier molecular flexibility index (Phi) is 3.43. The minimum Gasteiger partial charge on any atom is -0.388 e. The smallest absolute Gasteiger partial charge is 0.123 e. The van der Waals surface area contributed by atoms with Crippen LogP contribution in [0.2, 0.25) is 0 Å². The summed E-state index contributed by atoms with van der Waals surface area (Å²) in [5, 5.41) is 9.99. The first-order valence-corrected chi connectivity index (χ1v) is 4.72. The predicted molar refractivity (Wildman–Crippen MR) is 56.6 cm³/mol. The van der Waals surface area contributed by atoms with Gasteiger partial charge in [-0.05, 0) is 24.1 Å². The van der Waals surface area contributed by atoms with E-state index in [0.29, 0.717) is 18.7 Å². The van der Waals surface area contributed by atoms with Gasteiger partial charge in [0, 0.05) is 19.2 Å². The molecule has 5 N–H and O–H groups in total. The van der Waals surface area contributed by atoms with Gasteiger partial charge in [0.05, 0.1) is 5.60 Å². The molecule has 0 aliphatic heterocycles. The lowest BCUT2D eigenvalue weighted by atomic mass is 9.92. The molecule has 0 saturated heterocycles. The van der Waals surface area contributed by atoms with Crippen LogP contribution in [0.1, 0.15) is 18.9 Å². The maximum absolute atomic E-state index is 9.99. The van der Waals surface area contributed by atoms with Gasteiger partial charge < -0.3 is 16.6 Å². The third kappa shape index (κ3) is 2.68. The van der Waals surface area contributed by atoms with Gasteiger partial charge in [-0.1, -0.05) is 6.92 Å². The van der Waals surface area contributed by atoms with E-state index in [9.17, 15) is 5.11 Å². The molecule has 78 valence electrons. The molecule has 0 aliphatic rings. The van der Waals surface area contributed by atoms with Crippen molar-refractivity contribution >= 4 is 5.82 Å². The summed E-state index contributed by atoms with van der Waals surface area (Å²) in [6.45, 7) is 2.17. The number of nitrogen functional groups attached to an aromatic ring is 1. The van der Waals surface area contributed by atoms with Crippen molar-refractivity contribution in [3.05, 3.63) is 23.9 Å². The average Bonchev–Trinajstić information content (AvgIpc) is 2.18. The second kappa shape index (κ2) is 4.39. The maximum Gasteiger partial charge on any atom is 0.123 e. The van der Waals surface area contributed by atoms with Gasteiger partial charge in [-0.2, -0.15) is 0 Å². The highest BCUT2D eigenvalue weighted by Gasteiger charge is 2.22. The van der Waals surface area contributed by atoms with Crippen LogP contribution in [0.15, 0.2) is 18.3 Å². The number of hydrogen-bond acceptors (Lipinski definition) is 4. The lowest BCUT2D eigenvalue weighted by molar-refractivity contribution is 0.0456. The number of anilines is 1. The highest BCUT2D eigenvalue weighted by atomic mass is 16.3. The molecule has 0 fully saturated rings. The van der Waals surface area contributed by atoms with Gasteiger partial charge in [0.15, 0.2) is 0 Å². The van der Waals surface area contributed by atoms with E-state index < -0.39 is 5.60 Å². The number of aromatic nitrogens is 1. The molecule has 14 heavy (non-hydrogen) atoms. The molecule has 0 radical (unpaired) electrons. The van der Waals surface area contributed by atoms with Crippen molar-refractivity contribution in [2.75, 3.05) is 12.3 Å². The zero-order chi connectivity index (χ0) is 10.6. The number of nitrogens with zero attached hydrogens (tertiary/aromatic N) is 1. The van der Waals surface area contributed by atoms with Gasteiger partial charge in [-0.25, -0.2) is 4.98 Å². The van der Waals surface area contributed by atoms with E-state index >= 15 is 0 Å². The Morgan fingerprint density at radius 2 is 2.29 bits per heavy atom. The fraction of sp³-hybridized carbons (Fsp3) is 0.500. The van der Waals surface area contributed by atoms with Crippen LogP contribution in [0.5, 0.6) is 0 Å². The topological polar surface area (TPSA) is 85.2 Å². The maximum atomic E-state index is 9.99. The Labute approximate surface area is 83.9 Å². The second-order valence-corrected chi connectivity index (χ2v) is 3.55. The molecule has 0 saturated carbocycles. The third-order valence-electron chi connectivity index (χ3n) is 2.42. The summed E-state index contributed by atoms with van der Waals surface area (Å²) in [6.07, 6.45) is 2.79. The summed E-state index contributed by atoms with van der Waals surface area (Å²) in [4.78, 5) is 3.89. The van der Waals surface area contributed by atoms with E-state index in [4.69, 9.17) is 11.5 Å². The van der Waals surface area contributed by atoms with E-state index in [2.05, 4.69) is 4.98 Å². The molecule has 0 bridgehead atoms. The normalized spacial score (nSPS) is 15.1. The molecular formula is C10H17N3O. The summed E-state index contributed by atoms with van der Waals surface area (Å²) in [5.74, 6) is 0.470. The summed E-state index contributed by atoms with van der Waals surface area (Å²) >= 11 is 0. The molecule has 4 heteroatoms. The zero-order valence-electron chi connectivity index (χ0n) is 8.40. The van der Waals surface area contributed by atoms with Gasteiger partial charge in [0.1, 0.15) is 5.82 Å². The first kappa shape index (κ1) is 10.9. The summed E-state index contributed by atoms with van der Waals surface area (Å²) in [7, 11) is 0. The first-order valence-electron chi connectivity index (χ1n) is 4.72. The molecule has 1 aromatic heterocycles. The molecule has 1 unspecified atom stereocenters. The van der Waals surface area contributed by atoms with E-state index in [1.807, 2.05) is 13.0 Å². The molecule has 1 rings (SSSR count). The van der Waals surface area contributed by atoms with Gasteiger partial charge in [-0.15, -0.1) is 0 Å². The lowest BCUT2D eigenvalue weighted by Gasteiger charge is -2.24. The average molecular weight is 195 g/mol. The molecule has 1 atom stereocenters. The summed E-state index contributed by atoms with van der Waals surface area (Å²) in [5.41, 5.74) is 11.2. The quantitative estimate of drug-likeness (QED) is 0.645. The number of rotatable bonds is 4. The molecule has 4 nitrogen and oxygen atoms in total. The Morgan fingerprint density at radius 1 is 1.57 bits per heavy atom. The zero-order valence-corrected chi connectivity index (χ0v) is 8.40. The molecule has 0 aliphatic carbocycles. The standard InChI is InChI=1S/C10H17N3O/c1-2-10(14,7-11)6-8-3-4-13-9(12)5-8/h3-5,14H,2,6-7,11H2,1H3,(H2,12,13). The minimum absolute atomic E-state index is 0.256. The first-order chi connectivity index (χ1) is 6.59. The molecule has 1 aromatic rings. The van der Waals surface area contributed by atoms with E-state index in [1.165, 1.54) is 0 Å². The molecule has 1 heterocycles. The largest absolute Gasteiger partial charge is 0.388 e. The van der Waals surface area contributed by atoms with Crippen LogP contribution in [0.4, 0.5) is 5.82 Å². The monoisotopic (exact) mass is 195 g/mol. The van der Waals surface area contributed by atoms with Crippen LogP contribution in [0.25, 0.3) is 0 Å². The van der Waals surface area contributed by atoms with Gasteiger partial charge >= 0.3 is 0 Å². The Balaban J connectivity index is 2.77. The van der Waals surface area contributed by atoms with Crippen molar-refractivity contribution < 1.29 is 5.11 Å². The van der Waals surface area contributed by atoms with Crippen LogP contribution in [0, 0.1) is 0 Å². The fourth-order valence-electron chi connectivity index (χ4n) is 1.33. The number of hydrogen-bond donors (Lipinski definition) is 3. The molecule has 0 amide bonds. The fourth-order valence-corrected chi connectivity index (χ4v) is 1.33. The van der Waals surface area contributed by atoms with Crippen molar-refractivity contribution in [1.29, 1.82) is 0 Å². The lowest BCUT2D eigenvalue weighted by Crippen LogP contribution is -2.39. The number of aliphatic hydroxyl groups is 1. The van der Waals surface area contributed by atoms with Crippen LogP contribution < -0.4 is 11.5 Å².